The fourth-order valence-electron chi connectivity index (χ4n) is 1.70. The first-order valence-electron chi connectivity index (χ1n) is 6.06. The number of hydrogen-bond acceptors (Lipinski definition) is 3. The molecule has 0 saturated carbocycles. The number of pyridine rings is 1. The second-order valence-electron chi connectivity index (χ2n) is 3.94. The highest BCUT2D eigenvalue weighted by Crippen LogP contribution is 2.06. The van der Waals surface area contributed by atoms with Crippen LogP contribution in [0.5, 0.6) is 0 Å². The van der Waals surface area contributed by atoms with Crippen LogP contribution in [0.3, 0.4) is 0 Å². The molecular formula is C13H18N4. The molecule has 0 aromatic carbocycles. The zero-order valence-corrected chi connectivity index (χ0v) is 10.1. The smallest absolute Gasteiger partial charge is 0.153 e. The molecule has 0 unspecified atom stereocenters. The Morgan fingerprint density at radius 1 is 1.35 bits per heavy atom. The normalized spacial score (nSPS) is 10.6. The van der Waals surface area contributed by atoms with Crippen molar-refractivity contribution in [3.05, 3.63) is 42.4 Å². The van der Waals surface area contributed by atoms with Crippen LogP contribution in [0.1, 0.15) is 18.9 Å². The standard InChI is InChI=1S/C13H18N4/c1-2-14-8-5-6-12-10-16-17(11-12)13-7-3-4-9-15-13/h3-4,7,9-11,14H,2,5-6,8H2,1H3. The lowest BCUT2D eigenvalue weighted by Crippen LogP contribution is -2.14. The third kappa shape index (κ3) is 3.39. The van der Waals surface area contributed by atoms with Gasteiger partial charge in [-0.3, -0.25) is 0 Å². The lowest BCUT2D eigenvalue weighted by atomic mass is 10.2. The summed E-state index contributed by atoms with van der Waals surface area (Å²) in [6.07, 6.45) is 7.94. The molecule has 2 aromatic rings. The van der Waals surface area contributed by atoms with Crippen molar-refractivity contribution < 1.29 is 0 Å². The van der Waals surface area contributed by atoms with Crippen molar-refractivity contribution >= 4 is 0 Å². The molecule has 0 aliphatic carbocycles. The van der Waals surface area contributed by atoms with E-state index < -0.39 is 0 Å². The highest BCUT2D eigenvalue weighted by atomic mass is 15.3. The topological polar surface area (TPSA) is 42.7 Å². The summed E-state index contributed by atoms with van der Waals surface area (Å²) in [6, 6.07) is 5.83. The van der Waals surface area contributed by atoms with E-state index in [1.165, 1.54) is 5.56 Å². The van der Waals surface area contributed by atoms with Gasteiger partial charge in [-0.05, 0) is 43.6 Å². The Labute approximate surface area is 102 Å². The summed E-state index contributed by atoms with van der Waals surface area (Å²) in [4.78, 5) is 4.26. The fraction of sp³-hybridized carbons (Fsp3) is 0.385. The Balaban J connectivity index is 1.92. The maximum Gasteiger partial charge on any atom is 0.153 e. The average Bonchev–Trinajstić information content (AvgIpc) is 2.85. The summed E-state index contributed by atoms with van der Waals surface area (Å²) in [7, 11) is 0. The van der Waals surface area contributed by atoms with Crippen LogP contribution in [0.2, 0.25) is 0 Å². The molecule has 1 N–H and O–H groups in total. The van der Waals surface area contributed by atoms with Crippen LogP contribution >= 0.6 is 0 Å². The maximum absolute atomic E-state index is 4.32. The number of aromatic nitrogens is 3. The molecule has 0 aliphatic rings. The Morgan fingerprint density at radius 2 is 2.29 bits per heavy atom. The Bertz CT molecular complexity index is 436. The Kier molecular flexibility index (Phi) is 4.27. The molecule has 0 bridgehead atoms. The van der Waals surface area contributed by atoms with E-state index in [0.717, 1.165) is 31.7 Å². The second kappa shape index (κ2) is 6.15. The second-order valence-corrected chi connectivity index (χ2v) is 3.94. The minimum absolute atomic E-state index is 0.866. The average molecular weight is 230 g/mol. The minimum atomic E-state index is 0.866. The molecule has 4 heteroatoms. The van der Waals surface area contributed by atoms with Crippen LogP contribution in [-0.4, -0.2) is 27.9 Å². The molecule has 17 heavy (non-hydrogen) atoms. The van der Waals surface area contributed by atoms with Crippen LogP contribution in [0.15, 0.2) is 36.8 Å². The summed E-state index contributed by atoms with van der Waals surface area (Å²) in [5, 5.41) is 7.64. The van der Waals surface area contributed by atoms with Gasteiger partial charge >= 0.3 is 0 Å². The minimum Gasteiger partial charge on any atom is -0.317 e. The van der Waals surface area contributed by atoms with Crippen molar-refractivity contribution in [1.29, 1.82) is 0 Å². The lowest BCUT2D eigenvalue weighted by Gasteiger charge is -1.99. The van der Waals surface area contributed by atoms with Crippen molar-refractivity contribution in [3.63, 3.8) is 0 Å². The SMILES string of the molecule is CCNCCCc1cnn(-c2ccccn2)c1. The van der Waals surface area contributed by atoms with Gasteiger partial charge in [0.1, 0.15) is 0 Å². The van der Waals surface area contributed by atoms with Crippen LogP contribution in [-0.2, 0) is 6.42 Å². The first-order chi connectivity index (χ1) is 8.40. The number of nitrogens with zero attached hydrogens (tertiary/aromatic N) is 3. The van der Waals surface area contributed by atoms with Crippen LogP contribution < -0.4 is 5.32 Å². The van der Waals surface area contributed by atoms with Gasteiger partial charge in [0.2, 0.25) is 0 Å². The van der Waals surface area contributed by atoms with Crippen LogP contribution in [0.4, 0.5) is 0 Å². The molecular weight excluding hydrogens is 212 g/mol. The molecule has 4 nitrogen and oxygen atoms in total. The molecule has 0 fully saturated rings. The Hall–Kier alpha value is -1.68. The molecule has 0 aliphatic heterocycles. The molecule has 2 aromatic heterocycles. The van der Waals surface area contributed by atoms with E-state index in [1.807, 2.05) is 35.3 Å². The predicted molar refractivity (Wildman–Crippen MR) is 68.2 cm³/mol. The van der Waals surface area contributed by atoms with E-state index in [1.54, 1.807) is 6.20 Å². The van der Waals surface area contributed by atoms with Crippen LogP contribution in [0, 0.1) is 0 Å². The van der Waals surface area contributed by atoms with E-state index in [4.69, 9.17) is 0 Å². The molecule has 0 atom stereocenters. The van der Waals surface area contributed by atoms with Crippen molar-refractivity contribution in [2.75, 3.05) is 13.1 Å². The highest BCUT2D eigenvalue weighted by molar-refractivity contribution is 5.21. The number of aryl methyl sites for hydroxylation is 1. The maximum atomic E-state index is 4.32. The summed E-state index contributed by atoms with van der Waals surface area (Å²) in [6.45, 7) is 4.22. The van der Waals surface area contributed by atoms with Crippen molar-refractivity contribution in [3.8, 4) is 5.82 Å². The first kappa shape index (κ1) is 11.8. The summed E-state index contributed by atoms with van der Waals surface area (Å²) >= 11 is 0. The zero-order chi connectivity index (χ0) is 11.9. The van der Waals surface area contributed by atoms with Gasteiger partial charge in [0.25, 0.3) is 0 Å². The van der Waals surface area contributed by atoms with Crippen molar-refractivity contribution in [1.82, 2.24) is 20.1 Å². The van der Waals surface area contributed by atoms with Gasteiger partial charge in [0, 0.05) is 12.4 Å². The number of rotatable bonds is 6. The quantitative estimate of drug-likeness (QED) is 0.770. The molecule has 0 spiro atoms. The fourth-order valence-corrected chi connectivity index (χ4v) is 1.70. The molecule has 0 radical (unpaired) electrons. The molecule has 2 rings (SSSR count). The van der Waals surface area contributed by atoms with E-state index in [-0.39, 0.29) is 0 Å². The largest absolute Gasteiger partial charge is 0.317 e. The molecule has 0 saturated heterocycles. The van der Waals surface area contributed by atoms with Gasteiger partial charge in [-0.2, -0.15) is 5.10 Å². The van der Waals surface area contributed by atoms with Crippen molar-refractivity contribution in [2.24, 2.45) is 0 Å². The predicted octanol–water partition coefficient (Wildman–Crippen LogP) is 1.81. The van der Waals surface area contributed by atoms with Gasteiger partial charge in [0.05, 0.1) is 6.20 Å². The van der Waals surface area contributed by atoms with Crippen molar-refractivity contribution in [2.45, 2.75) is 19.8 Å². The number of hydrogen-bond donors (Lipinski definition) is 1. The number of nitrogens with one attached hydrogen (secondary N) is 1. The summed E-state index contributed by atoms with van der Waals surface area (Å²) < 4.78 is 1.82. The third-order valence-corrected chi connectivity index (χ3v) is 2.59. The zero-order valence-electron chi connectivity index (χ0n) is 10.1. The van der Waals surface area contributed by atoms with E-state index in [2.05, 4.69) is 22.3 Å². The van der Waals surface area contributed by atoms with E-state index in [9.17, 15) is 0 Å². The van der Waals surface area contributed by atoms with Gasteiger partial charge in [-0.1, -0.05) is 13.0 Å². The van der Waals surface area contributed by atoms with E-state index in [0.29, 0.717) is 0 Å². The summed E-state index contributed by atoms with van der Waals surface area (Å²) in [5.74, 6) is 0.866. The molecule has 2 heterocycles. The van der Waals surface area contributed by atoms with Gasteiger partial charge < -0.3 is 5.32 Å². The van der Waals surface area contributed by atoms with Crippen LogP contribution in [0.25, 0.3) is 5.82 Å². The van der Waals surface area contributed by atoms with Gasteiger partial charge in [0.15, 0.2) is 5.82 Å². The Morgan fingerprint density at radius 3 is 3.06 bits per heavy atom. The molecule has 90 valence electrons. The highest BCUT2D eigenvalue weighted by Gasteiger charge is 2.00. The van der Waals surface area contributed by atoms with Gasteiger partial charge in [-0.25, -0.2) is 9.67 Å². The van der Waals surface area contributed by atoms with E-state index >= 15 is 0 Å². The molecule has 0 amide bonds. The lowest BCUT2D eigenvalue weighted by molar-refractivity contribution is 0.672. The van der Waals surface area contributed by atoms with Gasteiger partial charge in [-0.15, -0.1) is 0 Å². The first-order valence-corrected chi connectivity index (χ1v) is 6.06. The third-order valence-electron chi connectivity index (χ3n) is 2.59. The summed E-state index contributed by atoms with van der Waals surface area (Å²) in [5.41, 5.74) is 1.26. The monoisotopic (exact) mass is 230 g/mol.